The fraction of sp³-hybridized carbons (Fsp3) is 0.222. The van der Waals surface area contributed by atoms with Gasteiger partial charge in [0.1, 0.15) is 5.82 Å². The highest BCUT2D eigenvalue weighted by atomic mass is 16.5. The second-order valence-electron chi connectivity index (χ2n) is 2.17. The zero-order valence-electron chi connectivity index (χ0n) is 6.87. The van der Waals surface area contributed by atoms with E-state index in [2.05, 4.69) is 10.9 Å². The Hall–Kier alpha value is -1.69. The summed E-state index contributed by atoms with van der Waals surface area (Å²) in [4.78, 5) is 3.95. The average Bonchev–Trinajstić information content (AvgIpc) is 2.05. The lowest BCUT2D eigenvalue weighted by molar-refractivity contribution is 0.326. The van der Waals surface area contributed by atoms with Gasteiger partial charge in [0.2, 0.25) is 5.88 Å². The van der Waals surface area contributed by atoms with Gasteiger partial charge in [0.15, 0.2) is 0 Å². The number of aromatic nitrogens is 1. The number of ether oxygens (including phenoxy) is 1. The van der Waals surface area contributed by atoms with Crippen molar-refractivity contribution in [2.45, 2.75) is 6.92 Å². The number of nitrogens with two attached hydrogens (primary N) is 1. The van der Waals surface area contributed by atoms with Crippen LogP contribution in [0.5, 0.6) is 5.88 Å². The predicted octanol–water partition coefficient (Wildman–Crippen LogP) is 1.04. The van der Waals surface area contributed by atoms with Gasteiger partial charge in [0, 0.05) is 0 Å². The van der Waals surface area contributed by atoms with Crippen LogP contribution in [0.4, 0.5) is 5.82 Å². The molecular weight excluding hydrogens is 152 g/mol. The molecule has 0 aliphatic carbocycles. The van der Waals surface area contributed by atoms with Crippen molar-refractivity contribution < 1.29 is 4.74 Å². The zero-order valence-corrected chi connectivity index (χ0v) is 6.87. The molecule has 1 aromatic rings. The number of pyridine rings is 1. The van der Waals surface area contributed by atoms with Crippen LogP contribution < -0.4 is 10.5 Å². The second kappa shape index (κ2) is 3.63. The number of rotatable bonds is 2. The summed E-state index contributed by atoms with van der Waals surface area (Å²) in [6.07, 6.45) is 5.22. The normalized spacial score (nSPS) is 9.00. The molecule has 3 nitrogen and oxygen atoms in total. The van der Waals surface area contributed by atoms with E-state index in [0.29, 0.717) is 23.9 Å². The van der Waals surface area contributed by atoms with Crippen LogP contribution in [-0.4, -0.2) is 11.6 Å². The Kier molecular flexibility index (Phi) is 2.54. The van der Waals surface area contributed by atoms with Crippen LogP contribution in [0.2, 0.25) is 0 Å². The van der Waals surface area contributed by atoms with Crippen molar-refractivity contribution in [1.29, 1.82) is 0 Å². The van der Waals surface area contributed by atoms with Crippen molar-refractivity contribution >= 4 is 5.82 Å². The van der Waals surface area contributed by atoms with E-state index in [1.54, 1.807) is 12.1 Å². The Labute approximate surface area is 71.6 Å². The lowest BCUT2D eigenvalue weighted by Gasteiger charge is -2.04. The number of nitrogen functional groups attached to an aromatic ring is 1. The minimum atomic E-state index is 0.414. The lowest BCUT2D eigenvalue weighted by atomic mass is 10.3. The highest BCUT2D eigenvalue weighted by Crippen LogP contribution is 2.15. The highest BCUT2D eigenvalue weighted by molar-refractivity contribution is 5.45. The number of hydrogen-bond acceptors (Lipinski definition) is 3. The molecule has 1 heterocycles. The largest absolute Gasteiger partial charge is 0.477 e. The molecule has 0 unspecified atom stereocenters. The molecule has 0 spiro atoms. The molecule has 0 fully saturated rings. The monoisotopic (exact) mass is 162 g/mol. The molecule has 1 rings (SSSR count). The molecule has 1 aromatic heterocycles. The zero-order chi connectivity index (χ0) is 8.97. The molecule has 12 heavy (non-hydrogen) atoms. The van der Waals surface area contributed by atoms with Gasteiger partial charge in [0.25, 0.3) is 0 Å². The van der Waals surface area contributed by atoms with Gasteiger partial charge in [-0.05, 0) is 19.1 Å². The molecule has 0 saturated heterocycles. The van der Waals surface area contributed by atoms with Gasteiger partial charge in [-0.1, -0.05) is 5.92 Å². The van der Waals surface area contributed by atoms with E-state index in [1.165, 1.54) is 0 Å². The quantitative estimate of drug-likeness (QED) is 0.661. The van der Waals surface area contributed by atoms with Crippen molar-refractivity contribution in [3.63, 3.8) is 0 Å². The maximum atomic E-state index is 5.45. The SMILES string of the molecule is C#Cc1ccc(N)nc1OCC. The number of anilines is 1. The first kappa shape index (κ1) is 8.41. The first-order chi connectivity index (χ1) is 5.77. The lowest BCUT2D eigenvalue weighted by Crippen LogP contribution is -1.99. The molecule has 3 heteroatoms. The van der Waals surface area contributed by atoms with Gasteiger partial charge in [-0.3, -0.25) is 0 Å². The summed E-state index contributed by atoms with van der Waals surface area (Å²) in [5, 5.41) is 0. The summed E-state index contributed by atoms with van der Waals surface area (Å²) in [5.74, 6) is 3.31. The first-order valence-electron chi connectivity index (χ1n) is 3.64. The Morgan fingerprint density at radius 1 is 1.67 bits per heavy atom. The Balaban J connectivity index is 3.06. The van der Waals surface area contributed by atoms with E-state index in [0.717, 1.165) is 0 Å². The molecule has 2 N–H and O–H groups in total. The van der Waals surface area contributed by atoms with E-state index in [4.69, 9.17) is 16.9 Å². The maximum Gasteiger partial charge on any atom is 0.231 e. The van der Waals surface area contributed by atoms with Crippen LogP contribution >= 0.6 is 0 Å². The summed E-state index contributed by atoms with van der Waals surface area (Å²) < 4.78 is 5.18. The molecule has 0 aliphatic heterocycles. The fourth-order valence-corrected chi connectivity index (χ4v) is 0.811. The van der Waals surface area contributed by atoms with Gasteiger partial charge in [-0.15, -0.1) is 6.42 Å². The summed E-state index contributed by atoms with van der Waals surface area (Å²) in [6, 6.07) is 3.37. The van der Waals surface area contributed by atoms with E-state index in [9.17, 15) is 0 Å². The number of nitrogens with zero attached hydrogens (tertiary/aromatic N) is 1. The minimum Gasteiger partial charge on any atom is -0.477 e. The summed E-state index contributed by atoms with van der Waals surface area (Å²) in [7, 11) is 0. The van der Waals surface area contributed by atoms with Crippen molar-refractivity contribution in [2.75, 3.05) is 12.3 Å². The highest BCUT2D eigenvalue weighted by Gasteiger charge is 2.01. The smallest absolute Gasteiger partial charge is 0.231 e. The van der Waals surface area contributed by atoms with E-state index < -0.39 is 0 Å². The third kappa shape index (κ3) is 1.67. The first-order valence-corrected chi connectivity index (χ1v) is 3.64. The van der Waals surface area contributed by atoms with Crippen LogP contribution in [-0.2, 0) is 0 Å². The summed E-state index contributed by atoms with van der Waals surface area (Å²) in [5.41, 5.74) is 6.08. The average molecular weight is 162 g/mol. The Morgan fingerprint density at radius 3 is 3.00 bits per heavy atom. The molecule has 0 atom stereocenters. The predicted molar refractivity (Wildman–Crippen MR) is 47.8 cm³/mol. The standard InChI is InChI=1S/C9H10N2O/c1-3-7-5-6-8(10)11-9(7)12-4-2/h1,5-6H,4H2,2H3,(H2,10,11). The van der Waals surface area contributed by atoms with E-state index >= 15 is 0 Å². The van der Waals surface area contributed by atoms with Gasteiger partial charge < -0.3 is 10.5 Å². The van der Waals surface area contributed by atoms with Gasteiger partial charge in [-0.2, -0.15) is 4.98 Å². The third-order valence-corrected chi connectivity index (χ3v) is 1.32. The summed E-state index contributed by atoms with van der Waals surface area (Å²) >= 11 is 0. The summed E-state index contributed by atoms with van der Waals surface area (Å²) in [6.45, 7) is 2.40. The Morgan fingerprint density at radius 2 is 2.42 bits per heavy atom. The van der Waals surface area contributed by atoms with Crippen molar-refractivity contribution in [3.8, 4) is 18.2 Å². The van der Waals surface area contributed by atoms with Crippen LogP contribution in [0.25, 0.3) is 0 Å². The number of hydrogen-bond donors (Lipinski definition) is 1. The molecule has 0 bridgehead atoms. The van der Waals surface area contributed by atoms with E-state index in [1.807, 2.05) is 6.92 Å². The van der Waals surface area contributed by atoms with Gasteiger partial charge in [0.05, 0.1) is 12.2 Å². The topological polar surface area (TPSA) is 48.1 Å². The van der Waals surface area contributed by atoms with Crippen LogP contribution in [0, 0.1) is 12.3 Å². The third-order valence-electron chi connectivity index (χ3n) is 1.32. The maximum absolute atomic E-state index is 5.45. The molecule has 0 aliphatic rings. The minimum absolute atomic E-state index is 0.414. The van der Waals surface area contributed by atoms with Crippen LogP contribution in [0.15, 0.2) is 12.1 Å². The van der Waals surface area contributed by atoms with Crippen molar-refractivity contribution in [3.05, 3.63) is 17.7 Å². The molecular formula is C9H10N2O. The van der Waals surface area contributed by atoms with Crippen molar-refractivity contribution in [1.82, 2.24) is 4.98 Å². The fourth-order valence-electron chi connectivity index (χ4n) is 0.811. The van der Waals surface area contributed by atoms with Gasteiger partial charge in [-0.25, -0.2) is 0 Å². The molecule has 0 amide bonds. The van der Waals surface area contributed by atoms with Gasteiger partial charge >= 0.3 is 0 Å². The molecule has 0 radical (unpaired) electrons. The van der Waals surface area contributed by atoms with E-state index in [-0.39, 0.29) is 0 Å². The number of terminal acetylenes is 1. The Bertz CT molecular complexity index is 315. The molecule has 0 saturated carbocycles. The molecule has 0 aromatic carbocycles. The second-order valence-corrected chi connectivity index (χ2v) is 2.17. The van der Waals surface area contributed by atoms with Crippen molar-refractivity contribution in [2.24, 2.45) is 0 Å². The van der Waals surface area contributed by atoms with Crippen LogP contribution in [0.1, 0.15) is 12.5 Å². The van der Waals surface area contributed by atoms with Crippen LogP contribution in [0.3, 0.4) is 0 Å². The molecule has 62 valence electrons.